The lowest BCUT2D eigenvalue weighted by molar-refractivity contribution is -0.137. The molecule has 168 valence electrons. The van der Waals surface area contributed by atoms with Crippen LogP contribution < -0.4 is 0 Å². The van der Waals surface area contributed by atoms with E-state index in [2.05, 4.69) is 18.0 Å². The van der Waals surface area contributed by atoms with Crippen LogP contribution in [0.1, 0.15) is 54.1 Å². The van der Waals surface area contributed by atoms with Gasteiger partial charge < -0.3 is 4.74 Å². The third-order valence-corrected chi connectivity index (χ3v) is 5.40. The van der Waals surface area contributed by atoms with Crippen LogP contribution in [0.15, 0.2) is 54.6 Å². The summed E-state index contributed by atoms with van der Waals surface area (Å²) in [7, 11) is 0. The highest BCUT2D eigenvalue weighted by atomic mass is 35.5. The molecule has 0 saturated carbocycles. The molecule has 1 aromatic heterocycles. The van der Waals surface area contributed by atoms with Gasteiger partial charge in [0.05, 0.1) is 23.9 Å². The van der Waals surface area contributed by atoms with Gasteiger partial charge >= 0.3 is 5.97 Å². The van der Waals surface area contributed by atoms with Crippen molar-refractivity contribution < 1.29 is 14.3 Å². The number of benzene rings is 2. The van der Waals surface area contributed by atoms with Gasteiger partial charge in [0.25, 0.3) is 0 Å². The number of aryl methyl sites for hydroxylation is 1. The molecular formula is C26H24ClN3O3. The lowest BCUT2D eigenvalue weighted by atomic mass is 9.98. The number of halogens is 1. The number of rotatable bonds is 9. The number of esters is 1. The highest BCUT2D eigenvalue weighted by Gasteiger charge is 2.21. The molecule has 0 bridgehead atoms. The van der Waals surface area contributed by atoms with Crippen LogP contribution in [0.2, 0.25) is 5.15 Å². The van der Waals surface area contributed by atoms with Crippen LogP contribution in [0, 0.1) is 11.3 Å². The number of hydrogen-bond donors (Lipinski definition) is 0. The van der Waals surface area contributed by atoms with E-state index in [9.17, 15) is 14.9 Å². The fourth-order valence-electron chi connectivity index (χ4n) is 3.55. The topological polar surface area (TPSA) is 85.0 Å². The zero-order chi connectivity index (χ0) is 23.8. The largest absolute Gasteiger partial charge is 0.463 e. The van der Waals surface area contributed by atoms with E-state index in [4.69, 9.17) is 16.3 Å². The van der Waals surface area contributed by atoms with E-state index in [1.54, 1.807) is 17.6 Å². The number of carbonyl (C=O) groups is 2. The van der Waals surface area contributed by atoms with Crippen LogP contribution in [0.25, 0.3) is 16.8 Å². The van der Waals surface area contributed by atoms with Crippen LogP contribution in [0.4, 0.5) is 0 Å². The van der Waals surface area contributed by atoms with Crippen LogP contribution in [0.3, 0.4) is 0 Å². The summed E-state index contributed by atoms with van der Waals surface area (Å²) in [5.74, 6) is 0.0629. The normalized spacial score (nSPS) is 11.2. The highest BCUT2D eigenvalue weighted by molar-refractivity contribution is 6.31. The van der Waals surface area contributed by atoms with Gasteiger partial charge in [-0.2, -0.15) is 5.26 Å². The zero-order valence-corrected chi connectivity index (χ0v) is 19.3. The fraction of sp³-hybridized carbons (Fsp3) is 0.231. The summed E-state index contributed by atoms with van der Waals surface area (Å²) in [6, 6.07) is 16.9. The number of imidazole rings is 1. The molecule has 0 spiro atoms. The number of aldehydes is 1. The van der Waals surface area contributed by atoms with Crippen molar-refractivity contribution in [2.45, 2.75) is 33.1 Å². The number of carbonyl (C=O) groups excluding carboxylic acids is 2. The van der Waals surface area contributed by atoms with Gasteiger partial charge in [0, 0.05) is 12.5 Å². The Hall–Kier alpha value is -3.69. The maximum Gasteiger partial charge on any atom is 0.332 e. The van der Waals surface area contributed by atoms with Gasteiger partial charge in [0.1, 0.15) is 11.5 Å². The third kappa shape index (κ3) is 5.39. The van der Waals surface area contributed by atoms with Crippen LogP contribution in [0.5, 0.6) is 0 Å². The Morgan fingerprint density at radius 3 is 2.55 bits per heavy atom. The Morgan fingerprint density at radius 1 is 1.18 bits per heavy atom. The van der Waals surface area contributed by atoms with Gasteiger partial charge in [0.2, 0.25) is 0 Å². The molecule has 0 aliphatic rings. The second-order valence-corrected chi connectivity index (χ2v) is 7.64. The molecule has 7 heteroatoms. The number of hydrogen-bond acceptors (Lipinski definition) is 5. The lowest BCUT2D eigenvalue weighted by Crippen LogP contribution is -2.11. The van der Waals surface area contributed by atoms with E-state index in [0.29, 0.717) is 35.4 Å². The zero-order valence-electron chi connectivity index (χ0n) is 18.5. The monoisotopic (exact) mass is 461 g/mol. The first-order valence-electron chi connectivity index (χ1n) is 10.7. The molecule has 0 atom stereocenters. The van der Waals surface area contributed by atoms with Crippen molar-refractivity contribution in [1.82, 2.24) is 9.55 Å². The highest BCUT2D eigenvalue weighted by Crippen LogP contribution is 2.29. The number of nitrogens with zero attached hydrogens (tertiary/aromatic N) is 3. The summed E-state index contributed by atoms with van der Waals surface area (Å²) in [5.41, 5.74) is 3.54. The second-order valence-electron chi connectivity index (χ2n) is 7.28. The van der Waals surface area contributed by atoms with Crippen molar-refractivity contribution >= 4 is 29.6 Å². The summed E-state index contributed by atoms with van der Waals surface area (Å²) in [4.78, 5) is 28.7. The maximum atomic E-state index is 12.4. The Kier molecular flexibility index (Phi) is 8.17. The Bertz CT molecular complexity index is 1220. The summed E-state index contributed by atoms with van der Waals surface area (Å²) in [5, 5.41) is 9.50. The molecule has 1 heterocycles. The minimum atomic E-state index is -0.533. The average molecular weight is 462 g/mol. The van der Waals surface area contributed by atoms with Gasteiger partial charge in [-0.25, -0.2) is 9.78 Å². The molecule has 2 aromatic carbocycles. The molecule has 3 rings (SSSR count). The van der Waals surface area contributed by atoms with Crippen molar-refractivity contribution in [1.29, 1.82) is 5.26 Å². The number of aromatic nitrogens is 2. The van der Waals surface area contributed by atoms with E-state index < -0.39 is 5.97 Å². The van der Waals surface area contributed by atoms with Crippen molar-refractivity contribution in [2.75, 3.05) is 6.61 Å². The fourth-order valence-corrected chi connectivity index (χ4v) is 3.78. The first-order valence-corrected chi connectivity index (χ1v) is 11.1. The molecule has 3 aromatic rings. The van der Waals surface area contributed by atoms with Gasteiger partial charge in [-0.05, 0) is 36.1 Å². The second kappa shape index (κ2) is 11.3. The standard InChI is InChI=1S/C26H24ClN3O3/c1-3-5-10-24-29-26(27)23(17-31)30(24)22(15-25(32)33-4-2)19-13-11-18(12-14-19)21-9-7-6-8-20(21)16-28/h6-9,11-15,17H,3-5,10H2,1-2H3/b22-15-. The van der Waals surface area contributed by atoms with Gasteiger partial charge in [-0.15, -0.1) is 0 Å². The molecule has 0 N–H and O–H groups in total. The van der Waals surface area contributed by atoms with E-state index in [1.165, 1.54) is 6.08 Å². The summed E-state index contributed by atoms with van der Waals surface area (Å²) >= 11 is 6.26. The van der Waals surface area contributed by atoms with Crippen molar-refractivity contribution in [3.8, 4) is 17.2 Å². The minimum Gasteiger partial charge on any atom is -0.463 e. The number of nitriles is 1. The Morgan fingerprint density at radius 2 is 1.91 bits per heavy atom. The molecule has 0 fully saturated rings. The molecule has 0 saturated heterocycles. The lowest BCUT2D eigenvalue weighted by Gasteiger charge is -2.15. The number of ether oxygens (including phenoxy) is 1. The summed E-state index contributed by atoms with van der Waals surface area (Å²) in [6.45, 7) is 4.01. The third-order valence-electron chi connectivity index (χ3n) is 5.12. The van der Waals surface area contributed by atoms with Gasteiger partial charge in [-0.1, -0.05) is 67.4 Å². The molecule has 0 aliphatic heterocycles. The van der Waals surface area contributed by atoms with Crippen LogP contribution >= 0.6 is 11.6 Å². The van der Waals surface area contributed by atoms with Crippen molar-refractivity contribution in [3.63, 3.8) is 0 Å². The molecule has 0 unspecified atom stereocenters. The molecule has 0 radical (unpaired) electrons. The summed E-state index contributed by atoms with van der Waals surface area (Å²) < 4.78 is 6.76. The van der Waals surface area contributed by atoms with E-state index in [-0.39, 0.29) is 17.5 Å². The predicted molar refractivity (Wildman–Crippen MR) is 128 cm³/mol. The quantitative estimate of drug-likeness (QED) is 0.232. The Labute approximate surface area is 198 Å². The van der Waals surface area contributed by atoms with Gasteiger partial charge in [-0.3, -0.25) is 9.36 Å². The molecule has 0 aliphatic carbocycles. The SMILES string of the molecule is CCCCc1nc(Cl)c(C=O)n1/C(=C\C(=O)OCC)c1ccc(-c2ccccc2C#N)cc1. The van der Waals surface area contributed by atoms with Crippen LogP contribution in [-0.4, -0.2) is 28.4 Å². The van der Waals surface area contributed by atoms with E-state index in [1.807, 2.05) is 42.5 Å². The van der Waals surface area contributed by atoms with Crippen molar-refractivity contribution in [3.05, 3.63) is 82.4 Å². The maximum absolute atomic E-state index is 12.4. The Balaban J connectivity index is 2.15. The first-order chi connectivity index (χ1) is 16.0. The number of unbranched alkanes of at least 4 members (excludes halogenated alkanes) is 1. The molecule has 0 amide bonds. The first kappa shape index (κ1) is 24.0. The predicted octanol–water partition coefficient (Wildman–Crippen LogP) is 5.68. The summed E-state index contributed by atoms with van der Waals surface area (Å²) in [6.07, 6.45) is 4.37. The molecule has 33 heavy (non-hydrogen) atoms. The van der Waals surface area contributed by atoms with E-state index in [0.717, 1.165) is 24.0 Å². The smallest absolute Gasteiger partial charge is 0.332 e. The minimum absolute atomic E-state index is 0.0884. The van der Waals surface area contributed by atoms with Gasteiger partial charge in [0.15, 0.2) is 11.4 Å². The van der Waals surface area contributed by atoms with E-state index >= 15 is 0 Å². The molecular weight excluding hydrogens is 438 g/mol. The molecule has 6 nitrogen and oxygen atoms in total. The average Bonchev–Trinajstić information content (AvgIpc) is 3.16. The van der Waals surface area contributed by atoms with Crippen molar-refractivity contribution in [2.24, 2.45) is 0 Å². The van der Waals surface area contributed by atoms with Crippen LogP contribution in [-0.2, 0) is 16.0 Å².